The van der Waals surface area contributed by atoms with Crippen molar-refractivity contribution in [3.63, 3.8) is 0 Å². The first-order valence-electron chi connectivity index (χ1n) is 8.36. The lowest BCUT2D eigenvalue weighted by molar-refractivity contribution is -0.121. The van der Waals surface area contributed by atoms with E-state index in [1.807, 2.05) is 48.5 Å². The normalized spacial score (nSPS) is 10.6. The van der Waals surface area contributed by atoms with Crippen LogP contribution < -0.4 is 10.9 Å². The molecule has 0 atom stereocenters. The molecule has 0 aliphatic carbocycles. The topological polar surface area (TPSA) is 64.0 Å². The zero-order chi connectivity index (χ0) is 19.2. The Morgan fingerprint density at radius 2 is 1.74 bits per heavy atom. The molecule has 0 aliphatic rings. The van der Waals surface area contributed by atoms with Gasteiger partial charge in [0.25, 0.3) is 5.56 Å². The fourth-order valence-corrected chi connectivity index (χ4v) is 2.92. The molecule has 0 saturated carbocycles. The Morgan fingerprint density at radius 3 is 2.44 bits per heavy atom. The highest BCUT2D eigenvalue weighted by Crippen LogP contribution is 2.18. The van der Waals surface area contributed by atoms with Crippen LogP contribution in [0.3, 0.4) is 0 Å². The second kappa shape index (κ2) is 8.97. The number of benzene rings is 2. The monoisotopic (exact) mass is 445 g/mol. The number of nitrogens with one attached hydrogen (secondary N) is 1. The fourth-order valence-electron chi connectivity index (χ4n) is 2.53. The van der Waals surface area contributed by atoms with Crippen molar-refractivity contribution in [1.82, 2.24) is 15.1 Å². The highest BCUT2D eigenvalue weighted by molar-refractivity contribution is 9.10. The minimum Gasteiger partial charge on any atom is -0.354 e. The van der Waals surface area contributed by atoms with Crippen molar-refractivity contribution in [3.05, 3.63) is 86.1 Å². The third-order valence-electron chi connectivity index (χ3n) is 3.95. The molecule has 0 radical (unpaired) electrons. The lowest BCUT2D eigenvalue weighted by Gasteiger charge is -2.08. The number of nitrogens with zero attached hydrogens (tertiary/aromatic N) is 2. The van der Waals surface area contributed by atoms with Crippen LogP contribution in [0.2, 0.25) is 5.02 Å². The summed E-state index contributed by atoms with van der Waals surface area (Å²) < 4.78 is 2.13. The molecule has 1 amide bonds. The van der Waals surface area contributed by atoms with Gasteiger partial charge >= 0.3 is 0 Å². The van der Waals surface area contributed by atoms with E-state index in [-0.39, 0.29) is 18.0 Å². The van der Waals surface area contributed by atoms with Gasteiger partial charge in [0.15, 0.2) is 0 Å². The van der Waals surface area contributed by atoms with E-state index in [0.29, 0.717) is 23.7 Å². The van der Waals surface area contributed by atoms with Crippen LogP contribution in [0, 0.1) is 0 Å². The molecule has 3 rings (SSSR count). The molecule has 0 spiro atoms. The summed E-state index contributed by atoms with van der Waals surface area (Å²) in [6.07, 6.45) is 0.685. The zero-order valence-electron chi connectivity index (χ0n) is 14.4. The number of hydrogen-bond donors (Lipinski definition) is 1. The van der Waals surface area contributed by atoms with E-state index in [9.17, 15) is 9.59 Å². The van der Waals surface area contributed by atoms with Gasteiger partial charge in [0.2, 0.25) is 5.91 Å². The maximum Gasteiger partial charge on any atom is 0.267 e. The van der Waals surface area contributed by atoms with Crippen LogP contribution in [-0.4, -0.2) is 22.2 Å². The highest BCUT2D eigenvalue weighted by Gasteiger charge is 2.08. The van der Waals surface area contributed by atoms with Crippen molar-refractivity contribution >= 4 is 33.4 Å². The van der Waals surface area contributed by atoms with Gasteiger partial charge in [0.05, 0.1) is 5.69 Å². The summed E-state index contributed by atoms with van der Waals surface area (Å²) in [4.78, 5) is 24.2. The lowest BCUT2D eigenvalue weighted by atomic mass is 10.1. The molecule has 5 nitrogen and oxygen atoms in total. The molecular formula is C20H17BrClN3O2. The van der Waals surface area contributed by atoms with Gasteiger partial charge in [0.1, 0.15) is 6.54 Å². The lowest BCUT2D eigenvalue weighted by Crippen LogP contribution is -2.34. The summed E-state index contributed by atoms with van der Waals surface area (Å²) in [7, 11) is 0. The molecule has 1 aromatic heterocycles. The maximum absolute atomic E-state index is 12.2. The standard InChI is InChI=1S/C20H17BrClN3O2/c21-16-5-3-15(4-6-16)18-9-10-20(27)25(24-18)13-19(26)23-12-11-14-1-7-17(22)8-2-14/h1-10H,11-13H2,(H,23,26). The molecule has 1 heterocycles. The van der Waals surface area contributed by atoms with Crippen molar-refractivity contribution in [3.8, 4) is 11.3 Å². The van der Waals surface area contributed by atoms with Crippen molar-refractivity contribution in [2.45, 2.75) is 13.0 Å². The molecule has 27 heavy (non-hydrogen) atoms. The van der Waals surface area contributed by atoms with Gasteiger partial charge < -0.3 is 5.32 Å². The SMILES string of the molecule is O=C(Cn1nc(-c2ccc(Br)cc2)ccc1=O)NCCc1ccc(Cl)cc1. The first-order valence-corrected chi connectivity index (χ1v) is 9.53. The van der Waals surface area contributed by atoms with Gasteiger partial charge in [0, 0.05) is 27.7 Å². The number of carbonyl (C=O) groups excluding carboxylic acids is 1. The van der Waals surface area contributed by atoms with Crippen molar-refractivity contribution < 1.29 is 4.79 Å². The van der Waals surface area contributed by atoms with Crippen LogP contribution in [0.25, 0.3) is 11.3 Å². The summed E-state index contributed by atoms with van der Waals surface area (Å²) >= 11 is 9.24. The molecule has 3 aromatic rings. The largest absolute Gasteiger partial charge is 0.354 e. The van der Waals surface area contributed by atoms with Crippen LogP contribution in [0.1, 0.15) is 5.56 Å². The van der Waals surface area contributed by atoms with Crippen molar-refractivity contribution in [2.24, 2.45) is 0 Å². The number of aromatic nitrogens is 2. The second-order valence-electron chi connectivity index (χ2n) is 5.95. The maximum atomic E-state index is 12.2. The predicted molar refractivity (Wildman–Crippen MR) is 110 cm³/mol. The molecule has 138 valence electrons. The van der Waals surface area contributed by atoms with E-state index in [2.05, 4.69) is 26.3 Å². The van der Waals surface area contributed by atoms with Crippen LogP contribution in [0.15, 0.2) is 69.9 Å². The molecule has 7 heteroatoms. The summed E-state index contributed by atoms with van der Waals surface area (Å²) in [5.41, 5.74) is 2.27. The molecule has 1 N–H and O–H groups in total. The van der Waals surface area contributed by atoms with Gasteiger partial charge in [-0.05, 0) is 42.3 Å². The van der Waals surface area contributed by atoms with Crippen LogP contribution in [0.5, 0.6) is 0 Å². The molecule has 0 unspecified atom stereocenters. The van der Waals surface area contributed by atoms with Crippen LogP contribution in [-0.2, 0) is 17.8 Å². The fraction of sp³-hybridized carbons (Fsp3) is 0.150. The number of halogens is 2. The number of amides is 1. The Hall–Kier alpha value is -2.44. The zero-order valence-corrected chi connectivity index (χ0v) is 16.7. The van der Waals surface area contributed by atoms with E-state index < -0.39 is 0 Å². The van der Waals surface area contributed by atoms with E-state index in [1.54, 1.807) is 6.07 Å². The molecular weight excluding hydrogens is 430 g/mol. The molecule has 0 fully saturated rings. The molecule has 0 bridgehead atoms. The molecule has 2 aromatic carbocycles. The van der Waals surface area contributed by atoms with Crippen LogP contribution >= 0.6 is 27.5 Å². The van der Waals surface area contributed by atoms with E-state index in [4.69, 9.17) is 11.6 Å². The summed E-state index contributed by atoms with van der Waals surface area (Å²) in [5.74, 6) is -0.258. The van der Waals surface area contributed by atoms with Crippen molar-refractivity contribution in [2.75, 3.05) is 6.54 Å². The van der Waals surface area contributed by atoms with Gasteiger partial charge in [-0.15, -0.1) is 0 Å². The van der Waals surface area contributed by atoms with Crippen LogP contribution in [0.4, 0.5) is 0 Å². The highest BCUT2D eigenvalue weighted by atomic mass is 79.9. The van der Waals surface area contributed by atoms with Crippen molar-refractivity contribution in [1.29, 1.82) is 0 Å². The Bertz CT molecular complexity index is 985. The third kappa shape index (κ3) is 5.52. The van der Waals surface area contributed by atoms with Gasteiger partial charge in [-0.2, -0.15) is 5.10 Å². The first kappa shape index (κ1) is 19.3. The number of rotatable bonds is 6. The van der Waals surface area contributed by atoms with Gasteiger partial charge in [-0.3, -0.25) is 9.59 Å². The summed E-state index contributed by atoms with van der Waals surface area (Å²) in [5, 5.41) is 7.79. The summed E-state index contributed by atoms with van der Waals surface area (Å²) in [6.45, 7) is 0.353. The Morgan fingerprint density at radius 1 is 1.04 bits per heavy atom. The Labute approximate surface area is 170 Å². The quantitative estimate of drug-likeness (QED) is 0.628. The number of carbonyl (C=O) groups is 1. The van der Waals surface area contributed by atoms with Gasteiger partial charge in [-0.25, -0.2) is 4.68 Å². The molecule has 0 saturated heterocycles. The van der Waals surface area contributed by atoms with E-state index in [0.717, 1.165) is 15.6 Å². The van der Waals surface area contributed by atoms with E-state index in [1.165, 1.54) is 10.7 Å². The average molecular weight is 447 g/mol. The van der Waals surface area contributed by atoms with E-state index >= 15 is 0 Å². The Balaban J connectivity index is 1.61. The second-order valence-corrected chi connectivity index (χ2v) is 7.30. The summed E-state index contributed by atoms with van der Waals surface area (Å²) in [6, 6.07) is 18.1. The number of hydrogen-bond acceptors (Lipinski definition) is 3. The van der Waals surface area contributed by atoms with Gasteiger partial charge in [-0.1, -0.05) is 51.8 Å². The first-order chi connectivity index (χ1) is 13.0. The minimum atomic E-state index is -0.316. The Kier molecular flexibility index (Phi) is 6.42. The smallest absolute Gasteiger partial charge is 0.267 e. The average Bonchev–Trinajstić information content (AvgIpc) is 2.66. The predicted octanol–water partition coefficient (Wildman–Crippen LogP) is 3.69. The molecule has 0 aliphatic heterocycles. The third-order valence-corrected chi connectivity index (χ3v) is 4.73. The minimum absolute atomic E-state index is 0.121.